The second-order valence-corrected chi connectivity index (χ2v) is 7.03. The van der Waals surface area contributed by atoms with Gasteiger partial charge in [-0.15, -0.1) is 0 Å². The first-order chi connectivity index (χ1) is 11.8. The summed E-state index contributed by atoms with van der Waals surface area (Å²) in [5.74, 6) is -0.200. The second-order valence-electron chi connectivity index (χ2n) is 6.21. The number of amides is 2. The quantitative estimate of drug-likeness (QED) is 0.661. The zero-order valence-electron chi connectivity index (χ0n) is 15.4. The van der Waals surface area contributed by atoms with Crippen LogP contribution in [0.4, 0.5) is 0 Å². The van der Waals surface area contributed by atoms with Crippen molar-refractivity contribution in [3.63, 3.8) is 0 Å². The molecule has 0 heterocycles. The molecule has 0 saturated heterocycles. The molecule has 0 fully saturated rings. The molecular weight excluding hydrogens is 359 g/mol. The fourth-order valence-corrected chi connectivity index (χ4v) is 3.09. The molecule has 0 aliphatic heterocycles. The van der Waals surface area contributed by atoms with Crippen molar-refractivity contribution in [3.8, 4) is 0 Å². The van der Waals surface area contributed by atoms with Gasteiger partial charge in [0.05, 0.1) is 0 Å². The molecule has 0 aliphatic rings. The first-order valence-corrected chi connectivity index (χ1v) is 9.63. The topological polar surface area (TPSA) is 49.4 Å². The Morgan fingerprint density at radius 3 is 2.20 bits per heavy atom. The molecule has 2 amide bonds. The van der Waals surface area contributed by atoms with E-state index in [1.165, 1.54) is 0 Å². The summed E-state index contributed by atoms with van der Waals surface area (Å²) in [6, 6.07) is 4.77. The zero-order chi connectivity index (χ0) is 19.0. The first kappa shape index (κ1) is 21.8. The molecule has 0 bridgehead atoms. The summed E-state index contributed by atoms with van der Waals surface area (Å²) >= 11 is 12.5. The van der Waals surface area contributed by atoms with Gasteiger partial charge in [-0.2, -0.15) is 0 Å². The minimum atomic E-state index is -0.541. The van der Waals surface area contributed by atoms with E-state index >= 15 is 0 Å². The third-order valence-electron chi connectivity index (χ3n) is 4.24. The Kier molecular flexibility index (Phi) is 9.30. The van der Waals surface area contributed by atoms with Crippen LogP contribution in [0.25, 0.3) is 0 Å². The predicted molar refractivity (Wildman–Crippen MR) is 104 cm³/mol. The van der Waals surface area contributed by atoms with Crippen molar-refractivity contribution in [2.24, 2.45) is 0 Å². The number of hydrogen-bond donors (Lipinski definition) is 1. The van der Waals surface area contributed by atoms with Crippen LogP contribution < -0.4 is 5.32 Å². The molecule has 140 valence electrons. The molecule has 0 saturated carbocycles. The van der Waals surface area contributed by atoms with E-state index in [1.807, 2.05) is 27.7 Å². The molecule has 0 spiro atoms. The second kappa shape index (κ2) is 10.7. The van der Waals surface area contributed by atoms with E-state index in [4.69, 9.17) is 23.2 Å². The van der Waals surface area contributed by atoms with Crippen LogP contribution in [0.15, 0.2) is 18.2 Å². The van der Waals surface area contributed by atoms with Gasteiger partial charge in [0.1, 0.15) is 6.04 Å². The van der Waals surface area contributed by atoms with Gasteiger partial charge in [-0.25, -0.2) is 0 Å². The Morgan fingerprint density at radius 2 is 1.72 bits per heavy atom. The Morgan fingerprint density at radius 1 is 1.12 bits per heavy atom. The summed E-state index contributed by atoms with van der Waals surface area (Å²) in [4.78, 5) is 27.0. The average molecular weight is 387 g/mol. The smallest absolute Gasteiger partial charge is 0.243 e. The number of carbonyl (C=O) groups excluding carboxylic acids is 2. The lowest BCUT2D eigenvalue weighted by molar-refractivity contribution is -0.141. The van der Waals surface area contributed by atoms with Crippen molar-refractivity contribution in [3.05, 3.63) is 33.8 Å². The van der Waals surface area contributed by atoms with Crippen molar-refractivity contribution in [1.82, 2.24) is 10.2 Å². The molecule has 0 unspecified atom stereocenters. The van der Waals surface area contributed by atoms with Crippen LogP contribution in [0.2, 0.25) is 10.0 Å². The highest BCUT2D eigenvalue weighted by Crippen LogP contribution is 2.27. The number of nitrogens with one attached hydrogen (secondary N) is 1. The number of nitrogens with zero attached hydrogens (tertiary/aromatic N) is 1. The highest BCUT2D eigenvalue weighted by molar-refractivity contribution is 6.36. The molecule has 1 rings (SSSR count). The zero-order valence-corrected chi connectivity index (χ0v) is 17.0. The number of hydrogen-bond acceptors (Lipinski definition) is 2. The van der Waals surface area contributed by atoms with Gasteiger partial charge in [-0.1, -0.05) is 50.0 Å². The maximum absolute atomic E-state index is 12.7. The summed E-state index contributed by atoms with van der Waals surface area (Å²) < 4.78 is 0. The number of benzene rings is 1. The summed E-state index contributed by atoms with van der Waals surface area (Å²) in [6.07, 6.45) is 2.46. The molecule has 25 heavy (non-hydrogen) atoms. The lowest BCUT2D eigenvalue weighted by atomic mass is 10.1. The van der Waals surface area contributed by atoms with Crippen LogP contribution in [-0.2, 0) is 16.1 Å². The van der Waals surface area contributed by atoms with Crippen LogP contribution in [0.5, 0.6) is 0 Å². The van der Waals surface area contributed by atoms with Gasteiger partial charge < -0.3 is 10.2 Å². The van der Waals surface area contributed by atoms with Crippen LogP contribution in [0, 0.1) is 0 Å². The summed E-state index contributed by atoms with van der Waals surface area (Å²) in [6.45, 7) is 8.03. The molecule has 0 aromatic heterocycles. The van der Waals surface area contributed by atoms with Gasteiger partial charge in [0.2, 0.25) is 11.8 Å². The maximum Gasteiger partial charge on any atom is 0.243 e. The number of carbonyl (C=O) groups is 2. The highest BCUT2D eigenvalue weighted by Gasteiger charge is 2.29. The monoisotopic (exact) mass is 386 g/mol. The minimum absolute atomic E-state index is 0.0635. The molecule has 1 N–H and O–H groups in total. The van der Waals surface area contributed by atoms with Gasteiger partial charge in [-0.3, -0.25) is 9.59 Å². The Labute approximate surface area is 160 Å². The third kappa shape index (κ3) is 6.19. The largest absolute Gasteiger partial charge is 0.352 e. The summed E-state index contributed by atoms with van der Waals surface area (Å²) in [5.41, 5.74) is 0.671. The number of halogens is 2. The van der Waals surface area contributed by atoms with E-state index in [9.17, 15) is 9.59 Å². The molecule has 1 aromatic rings. The highest BCUT2D eigenvalue weighted by atomic mass is 35.5. The van der Waals surface area contributed by atoms with E-state index in [0.717, 1.165) is 12.8 Å². The van der Waals surface area contributed by atoms with Gasteiger partial charge in [-0.05, 0) is 38.3 Å². The normalized spacial score (nSPS) is 13.2. The Hall–Kier alpha value is -1.26. The molecule has 4 nitrogen and oxygen atoms in total. The van der Waals surface area contributed by atoms with Gasteiger partial charge in [0.25, 0.3) is 0 Å². The van der Waals surface area contributed by atoms with Crippen LogP contribution >= 0.6 is 23.2 Å². The van der Waals surface area contributed by atoms with Crippen molar-refractivity contribution in [2.45, 2.75) is 72.0 Å². The van der Waals surface area contributed by atoms with E-state index in [0.29, 0.717) is 28.5 Å². The van der Waals surface area contributed by atoms with Crippen molar-refractivity contribution in [1.29, 1.82) is 0 Å². The predicted octanol–water partition coefficient (Wildman–Crippen LogP) is 4.82. The first-order valence-electron chi connectivity index (χ1n) is 8.88. The number of rotatable bonds is 9. The van der Waals surface area contributed by atoms with Crippen LogP contribution in [-0.4, -0.2) is 28.8 Å². The van der Waals surface area contributed by atoms with Gasteiger partial charge in [0, 0.05) is 34.6 Å². The molecule has 1 aromatic carbocycles. The molecule has 0 radical (unpaired) electrons. The molecule has 2 atom stereocenters. The third-order valence-corrected chi connectivity index (χ3v) is 4.95. The fourth-order valence-electron chi connectivity index (χ4n) is 2.57. The van der Waals surface area contributed by atoms with E-state index in [-0.39, 0.29) is 24.4 Å². The van der Waals surface area contributed by atoms with Gasteiger partial charge >= 0.3 is 0 Å². The van der Waals surface area contributed by atoms with Gasteiger partial charge in [0.15, 0.2) is 0 Å². The minimum Gasteiger partial charge on any atom is -0.352 e. The average Bonchev–Trinajstić information content (AvgIpc) is 2.57. The summed E-state index contributed by atoms with van der Waals surface area (Å²) in [7, 11) is 0. The maximum atomic E-state index is 12.7. The fraction of sp³-hybridized carbons (Fsp3) is 0.579. The van der Waals surface area contributed by atoms with E-state index in [2.05, 4.69) is 5.32 Å². The van der Waals surface area contributed by atoms with Crippen molar-refractivity contribution >= 4 is 35.0 Å². The van der Waals surface area contributed by atoms with Crippen molar-refractivity contribution < 1.29 is 9.59 Å². The lowest BCUT2D eigenvalue weighted by Gasteiger charge is -2.32. The molecular formula is C19H28Cl2N2O2. The molecule has 0 aliphatic carbocycles. The SMILES string of the molecule is CCCC(=O)N(Cc1c(Cl)cccc1Cl)[C@H](CC)C(=O)N[C@H](C)CC. The Balaban J connectivity index is 3.13. The van der Waals surface area contributed by atoms with Crippen molar-refractivity contribution in [2.75, 3.05) is 0 Å². The van der Waals surface area contributed by atoms with E-state index in [1.54, 1.807) is 23.1 Å². The lowest BCUT2D eigenvalue weighted by Crippen LogP contribution is -2.50. The van der Waals surface area contributed by atoms with Crippen LogP contribution in [0.1, 0.15) is 58.9 Å². The van der Waals surface area contributed by atoms with E-state index < -0.39 is 6.04 Å². The Bertz CT molecular complexity index is 573. The molecule has 6 heteroatoms. The summed E-state index contributed by atoms with van der Waals surface area (Å²) in [5, 5.41) is 3.97. The van der Waals surface area contributed by atoms with Crippen LogP contribution in [0.3, 0.4) is 0 Å². The standard InChI is InChI=1S/C19H28Cl2N2O2/c1-5-9-18(24)23(12-14-15(20)10-8-11-16(14)21)17(7-3)19(25)22-13(4)6-2/h8,10-11,13,17H,5-7,9,12H2,1-4H3,(H,22,25)/t13-,17-/m1/s1.